The molecule has 11 heteroatoms. The number of methoxy groups -OCH3 is 1. The summed E-state index contributed by atoms with van der Waals surface area (Å²) in [5, 5.41) is 0. The normalized spacial score (nSPS) is 14.4. The van der Waals surface area contributed by atoms with Crippen LogP contribution in [0.2, 0.25) is 0 Å². The van der Waals surface area contributed by atoms with E-state index in [1.807, 2.05) is 0 Å². The van der Waals surface area contributed by atoms with E-state index in [9.17, 15) is 14.4 Å². The van der Waals surface area contributed by atoms with Gasteiger partial charge in [-0.15, -0.1) is 12.4 Å². The van der Waals surface area contributed by atoms with E-state index in [1.54, 1.807) is 35.8 Å². The quantitative estimate of drug-likeness (QED) is 0.516. The molecule has 1 aliphatic heterocycles. The van der Waals surface area contributed by atoms with Crippen molar-refractivity contribution in [2.75, 3.05) is 46.6 Å². The average molecular weight is 498 g/mol. The number of nitrogens with zero attached hydrogens (tertiary/aromatic N) is 3. The Bertz CT molecular complexity index is 1060. The lowest BCUT2D eigenvalue weighted by atomic mass is 10.2. The van der Waals surface area contributed by atoms with E-state index in [0.29, 0.717) is 29.2 Å². The van der Waals surface area contributed by atoms with E-state index >= 15 is 0 Å². The summed E-state index contributed by atoms with van der Waals surface area (Å²) in [7, 11) is 1.27. The minimum absolute atomic E-state index is 0. The van der Waals surface area contributed by atoms with Gasteiger partial charge in [-0.1, -0.05) is 11.3 Å². The molecule has 0 bridgehead atoms. The number of morpholine rings is 1. The maximum atomic E-state index is 12.8. The molecule has 0 unspecified atom stereocenters. The maximum absolute atomic E-state index is 12.8. The van der Waals surface area contributed by atoms with Crippen molar-refractivity contribution in [3.8, 4) is 0 Å². The number of hydrogen-bond acceptors (Lipinski definition) is 9. The van der Waals surface area contributed by atoms with Crippen molar-refractivity contribution in [2.45, 2.75) is 19.9 Å². The molecule has 2 heterocycles. The number of ether oxygens (including phenoxy) is 3. The van der Waals surface area contributed by atoms with Crippen LogP contribution in [0.1, 0.15) is 33.4 Å². The van der Waals surface area contributed by atoms with Gasteiger partial charge in [0.1, 0.15) is 4.88 Å². The number of aromatic nitrogens is 1. The Hall–Kier alpha value is -2.53. The molecule has 9 nitrogen and oxygen atoms in total. The van der Waals surface area contributed by atoms with E-state index in [4.69, 9.17) is 14.2 Å². The topological polar surface area (TPSA) is 99.4 Å². The summed E-state index contributed by atoms with van der Waals surface area (Å²) < 4.78 is 16.7. The highest BCUT2D eigenvalue weighted by atomic mass is 35.5. The number of carbonyl (C=O) groups excluding carboxylic acids is 2. The number of esters is 2. The largest absolute Gasteiger partial charge is 0.465 e. The highest BCUT2D eigenvalue weighted by Crippen LogP contribution is 2.14. The van der Waals surface area contributed by atoms with Crippen molar-refractivity contribution in [1.29, 1.82) is 0 Å². The van der Waals surface area contributed by atoms with Gasteiger partial charge in [0.05, 0.1) is 38.2 Å². The lowest BCUT2D eigenvalue weighted by molar-refractivity contribution is 0.0369. The van der Waals surface area contributed by atoms with Gasteiger partial charge in [0.25, 0.3) is 5.56 Å². The number of carbonyl (C=O) groups is 2. The van der Waals surface area contributed by atoms with Crippen molar-refractivity contribution in [3.63, 3.8) is 0 Å². The third kappa shape index (κ3) is 7.50. The molecule has 1 fully saturated rings. The van der Waals surface area contributed by atoms with Crippen LogP contribution in [0.25, 0.3) is 0 Å². The first kappa shape index (κ1) is 26.7. The molecule has 1 aliphatic rings. The summed E-state index contributed by atoms with van der Waals surface area (Å²) in [6.07, 6.45) is 0.758. The zero-order valence-corrected chi connectivity index (χ0v) is 20.3. The summed E-state index contributed by atoms with van der Waals surface area (Å²) in [5.41, 5.74) is 0.659. The van der Waals surface area contributed by atoms with E-state index in [0.717, 1.165) is 50.6 Å². The predicted molar refractivity (Wildman–Crippen MR) is 127 cm³/mol. The minimum Gasteiger partial charge on any atom is -0.465 e. The summed E-state index contributed by atoms with van der Waals surface area (Å²) in [4.78, 5) is 44.1. The van der Waals surface area contributed by atoms with Crippen molar-refractivity contribution < 1.29 is 23.8 Å². The first-order valence-corrected chi connectivity index (χ1v) is 11.3. The molecule has 0 spiro atoms. The fraction of sp³-hybridized carbons (Fsp3) is 0.455. The molecule has 1 saturated heterocycles. The Balaban J connectivity index is 0.00000385. The van der Waals surface area contributed by atoms with E-state index in [-0.39, 0.29) is 22.8 Å². The number of benzene rings is 1. The van der Waals surface area contributed by atoms with Crippen molar-refractivity contribution in [3.05, 3.63) is 55.9 Å². The molecule has 0 atom stereocenters. The summed E-state index contributed by atoms with van der Waals surface area (Å²) in [5.74, 6) is -0.990. The van der Waals surface area contributed by atoms with Crippen LogP contribution in [-0.2, 0) is 20.8 Å². The third-order valence-corrected chi connectivity index (χ3v) is 5.90. The van der Waals surface area contributed by atoms with Crippen LogP contribution in [0.4, 0.5) is 5.69 Å². The van der Waals surface area contributed by atoms with E-state index in [2.05, 4.69) is 9.89 Å². The SMILES string of the molecule is CCOC(=O)c1ccc(N=c2sc(C(=O)OC)cc(=O)n2CCCN2CCOCC2)cc1.Cl. The predicted octanol–water partition coefficient (Wildman–Crippen LogP) is 2.25. The smallest absolute Gasteiger partial charge is 0.348 e. The molecule has 0 amide bonds. The summed E-state index contributed by atoms with van der Waals surface area (Å²) in [6, 6.07) is 7.87. The fourth-order valence-corrected chi connectivity index (χ4v) is 4.20. The molecule has 33 heavy (non-hydrogen) atoms. The van der Waals surface area contributed by atoms with Crippen LogP contribution < -0.4 is 10.4 Å². The standard InChI is InChI=1S/C22H27N3O6S.ClH/c1-3-31-20(27)16-5-7-17(8-6-16)23-22-25(10-4-9-24-11-13-30-14-12-24)19(26)15-18(32-22)21(28)29-2;/h5-8,15H,3-4,9-14H2,1-2H3;1H. The number of halogens is 1. The highest BCUT2D eigenvalue weighted by Gasteiger charge is 2.14. The van der Waals surface area contributed by atoms with Crippen molar-refractivity contribution >= 4 is 41.4 Å². The van der Waals surface area contributed by atoms with Gasteiger partial charge >= 0.3 is 11.9 Å². The van der Waals surface area contributed by atoms with Gasteiger partial charge in [-0.25, -0.2) is 14.6 Å². The minimum atomic E-state index is -0.582. The summed E-state index contributed by atoms with van der Waals surface area (Å²) >= 11 is 1.09. The van der Waals surface area contributed by atoms with Crippen LogP contribution in [-0.4, -0.2) is 68.0 Å². The van der Waals surface area contributed by atoms with Gasteiger partial charge in [0.2, 0.25) is 0 Å². The lowest BCUT2D eigenvalue weighted by Crippen LogP contribution is -2.38. The fourth-order valence-electron chi connectivity index (χ4n) is 3.23. The summed E-state index contributed by atoms with van der Waals surface area (Å²) in [6.45, 7) is 6.54. The third-order valence-electron chi connectivity index (χ3n) is 4.90. The Morgan fingerprint density at radius 3 is 2.45 bits per heavy atom. The Labute approximate surface area is 202 Å². The Morgan fingerprint density at radius 2 is 1.82 bits per heavy atom. The molecule has 0 saturated carbocycles. The maximum Gasteiger partial charge on any atom is 0.348 e. The van der Waals surface area contributed by atoms with Gasteiger partial charge in [-0.2, -0.15) is 0 Å². The highest BCUT2D eigenvalue weighted by molar-refractivity contribution is 7.11. The molecule has 3 rings (SSSR count). The van der Waals surface area contributed by atoms with Crippen LogP contribution in [0.3, 0.4) is 0 Å². The van der Waals surface area contributed by atoms with E-state index in [1.165, 1.54) is 13.2 Å². The van der Waals surface area contributed by atoms with Gasteiger partial charge < -0.3 is 14.2 Å². The second-order valence-electron chi connectivity index (χ2n) is 7.06. The molecule has 0 aliphatic carbocycles. The van der Waals surface area contributed by atoms with Gasteiger partial charge in [0.15, 0.2) is 4.80 Å². The van der Waals surface area contributed by atoms with Crippen molar-refractivity contribution in [1.82, 2.24) is 9.47 Å². The van der Waals surface area contributed by atoms with Gasteiger partial charge in [-0.05, 0) is 37.6 Å². The zero-order chi connectivity index (χ0) is 22.9. The Kier molecular flexibility index (Phi) is 10.7. The number of rotatable bonds is 8. The van der Waals surface area contributed by atoms with Gasteiger partial charge in [0, 0.05) is 32.2 Å². The van der Waals surface area contributed by atoms with Crippen molar-refractivity contribution in [2.24, 2.45) is 4.99 Å². The van der Waals surface area contributed by atoms with Crippen LogP contribution in [0.5, 0.6) is 0 Å². The monoisotopic (exact) mass is 497 g/mol. The lowest BCUT2D eigenvalue weighted by Gasteiger charge is -2.26. The Morgan fingerprint density at radius 1 is 1.12 bits per heavy atom. The molecular weight excluding hydrogens is 470 g/mol. The molecule has 0 N–H and O–H groups in total. The van der Waals surface area contributed by atoms with E-state index < -0.39 is 11.9 Å². The second-order valence-corrected chi connectivity index (χ2v) is 8.07. The molecule has 0 radical (unpaired) electrons. The van der Waals surface area contributed by atoms with Crippen LogP contribution in [0.15, 0.2) is 40.1 Å². The number of hydrogen-bond donors (Lipinski definition) is 0. The second kappa shape index (κ2) is 13.2. The van der Waals surface area contributed by atoms with Gasteiger partial charge in [-0.3, -0.25) is 14.3 Å². The molecule has 180 valence electrons. The zero-order valence-electron chi connectivity index (χ0n) is 18.7. The first-order valence-electron chi connectivity index (χ1n) is 10.5. The molecule has 2 aromatic rings. The molecule has 1 aromatic carbocycles. The first-order chi connectivity index (χ1) is 15.5. The van der Waals surface area contributed by atoms with Crippen LogP contribution in [0, 0.1) is 0 Å². The molecular formula is C22H28ClN3O6S. The van der Waals surface area contributed by atoms with Crippen LogP contribution >= 0.6 is 23.7 Å². The average Bonchev–Trinajstić information content (AvgIpc) is 2.81. The molecule has 1 aromatic heterocycles.